The molecular formula is C14H23Cl2N5. The molecule has 1 saturated heterocycles. The molecule has 1 fully saturated rings. The van der Waals surface area contributed by atoms with Crippen LogP contribution in [0.1, 0.15) is 24.8 Å². The van der Waals surface area contributed by atoms with Crippen molar-refractivity contribution in [2.45, 2.75) is 26.2 Å². The largest absolute Gasteiger partial charge is 0.369 e. The van der Waals surface area contributed by atoms with E-state index < -0.39 is 0 Å². The van der Waals surface area contributed by atoms with Gasteiger partial charge in [0, 0.05) is 13.1 Å². The van der Waals surface area contributed by atoms with Crippen molar-refractivity contribution in [1.29, 1.82) is 0 Å². The van der Waals surface area contributed by atoms with Gasteiger partial charge < -0.3 is 16.4 Å². The fourth-order valence-electron chi connectivity index (χ4n) is 2.17. The molecule has 0 aromatic heterocycles. The third kappa shape index (κ3) is 6.23. The topological polar surface area (TPSA) is 80.0 Å². The first-order chi connectivity index (χ1) is 9.15. The number of aryl methyl sites for hydroxylation is 1. The van der Waals surface area contributed by atoms with Crippen molar-refractivity contribution < 1.29 is 0 Å². The Balaban J connectivity index is 0.00000200. The maximum Gasteiger partial charge on any atom is 0.223 e. The molecule has 0 spiro atoms. The molecule has 2 rings (SSSR count). The molecule has 0 atom stereocenters. The van der Waals surface area contributed by atoms with Gasteiger partial charge in [-0.3, -0.25) is 0 Å². The van der Waals surface area contributed by atoms with Crippen molar-refractivity contribution >= 4 is 42.4 Å². The van der Waals surface area contributed by atoms with Crippen LogP contribution in [0.3, 0.4) is 0 Å². The minimum atomic E-state index is 0. The molecule has 0 bridgehead atoms. The molecule has 1 aromatic rings. The first-order valence-corrected chi connectivity index (χ1v) is 6.65. The van der Waals surface area contributed by atoms with Crippen LogP contribution in [0.4, 0.5) is 5.69 Å². The molecule has 1 aliphatic heterocycles. The summed E-state index contributed by atoms with van der Waals surface area (Å²) in [4.78, 5) is 10.5. The number of piperidine rings is 1. The fourth-order valence-corrected chi connectivity index (χ4v) is 2.17. The Kier molecular flexibility index (Phi) is 8.81. The lowest BCUT2D eigenvalue weighted by molar-refractivity contribution is 0.339. The van der Waals surface area contributed by atoms with Crippen LogP contribution in [-0.4, -0.2) is 29.9 Å². The van der Waals surface area contributed by atoms with E-state index >= 15 is 0 Å². The van der Waals surface area contributed by atoms with E-state index in [1.54, 1.807) is 0 Å². The van der Waals surface area contributed by atoms with Crippen LogP contribution in [0.25, 0.3) is 0 Å². The highest BCUT2D eigenvalue weighted by molar-refractivity contribution is 5.94. The van der Waals surface area contributed by atoms with Crippen LogP contribution in [-0.2, 0) is 0 Å². The van der Waals surface area contributed by atoms with Crippen molar-refractivity contribution in [2.75, 3.05) is 13.1 Å². The van der Waals surface area contributed by atoms with Crippen LogP contribution < -0.4 is 11.5 Å². The summed E-state index contributed by atoms with van der Waals surface area (Å²) in [6.07, 6.45) is 3.58. The van der Waals surface area contributed by atoms with Crippen LogP contribution >= 0.6 is 24.8 Å². The Morgan fingerprint density at radius 3 is 2.38 bits per heavy atom. The molecule has 0 unspecified atom stereocenters. The number of hydrogen-bond acceptors (Lipinski definition) is 1. The zero-order valence-electron chi connectivity index (χ0n) is 12.2. The second-order valence-corrected chi connectivity index (χ2v) is 4.83. The van der Waals surface area contributed by atoms with Crippen molar-refractivity contribution in [2.24, 2.45) is 21.5 Å². The number of benzene rings is 1. The van der Waals surface area contributed by atoms with Crippen LogP contribution in [0.2, 0.25) is 0 Å². The van der Waals surface area contributed by atoms with Gasteiger partial charge >= 0.3 is 0 Å². The number of halogens is 2. The maximum atomic E-state index is 5.95. The zero-order chi connectivity index (χ0) is 13.7. The number of nitrogens with two attached hydrogens (primary N) is 2. The van der Waals surface area contributed by atoms with Gasteiger partial charge in [0.1, 0.15) is 0 Å². The summed E-state index contributed by atoms with van der Waals surface area (Å²) in [6.45, 7) is 3.92. The molecule has 0 radical (unpaired) electrons. The van der Waals surface area contributed by atoms with Gasteiger partial charge in [0.05, 0.1) is 5.69 Å². The molecule has 0 saturated carbocycles. The van der Waals surface area contributed by atoms with E-state index in [2.05, 4.69) is 14.9 Å². The van der Waals surface area contributed by atoms with E-state index in [4.69, 9.17) is 11.5 Å². The van der Waals surface area contributed by atoms with Crippen molar-refractivity contribution in [3.05, 3.63) is 29.8 Å². The molecule has 7 heteroatoms. The Bertz CT molecular complexity index is 496. The Morgan fingerprint density at radius 1 is 1.10 bits per heavy atom. The minimum Gasteiger partial charge on any atom is -0.369 e. The van der Waals surface area contributed by atoms with E-state index in [-0.39, 0.29) is 30.8 Å². The van der Waals surface area contributed by atoms with Crippen molar-refractivity contribution in [3.63, 3.8) is 0 Å². The van der Waals surface area contributed by atoms with Crippen LogP contribution in [0.5, 0.6) is 0 Å². The highest BCUT2D eigenvalue weighted by Crippen LogP contribution is 2.13. The van der Waals surface area contributed by atoms with E-state index in [0.717, 1.165) is 37.2 Å². The Hall–Kier alpha value is -1.46. The predicted molar refractivity (Wildman–Crippen MR) is 94.0 cm³/mol. The summed E-state index contributed by atoms with van der Waals surface area (Å²) in [5, 5.41) is 0. The lowest BCUT2D eigenvalue weighted by Crippen LogP contribution is -2.41. The zero-order valence-corrected chi connectivity index (χ0v) is 13.8. The molecule has 1 heterocycles. The van der Waals surface area contributed by atoms with E-state index in [1.807, 2.05) is 31.2 Å². The Morgan fingerprint density at radius 2 is 1.76 bits per heavy atom. The quantitative estimate of drug-likeness (QED) is 0.613. The summed E-state index contributed by atoms with van der Waals surface area (Å²) in [6, 6.07) is 7.81. The Labute approximate surface area is 138 Å². The third-order valence-electron chi connectivity index (χ3n) is 3.15. The summed E-state index contributed by atoms with van der Waals surface area (Å²) < 4.78 is 0. The highest BCUT2D eigenvalue weighted by atomic mass is 35.5. The van der Waals surface area contributed by atoms with Gasteiger partial charge in [0.25, 0.3) is 0 Å². The van der Waals surface area contributed by atoms with E-state index in [9.17, 15) is 0 Å². The second kappa shape index (κ2) is 9.47. The number of aliphatic imine (C=N–C) groups is 2. The molecule has 5 nitrogen and oxygen atoms in total. The lowest BCUT2D eigenvalue weighted by atomic mass is 10.1. The summed E-state index contributed by atoms with van der Waals surface area (Å²) in [7, 11) is 0. The van der Waals surface area contributed by atoms with Gasteiger partial charge in [0.2, 0.25) is 5.96 Å². The molecule has 0 amide bonds. The predicted octanol–water partition coefficient (Wildman–Crippen LogP) is 2.59. The number of guanidine groups is 2. The van der Waals surface area contributed by atoms with E-state index in [1.165, 1.54) is 6.42 Å². The van der Waals surface area contributed by atoms with Crippen LogP contribution in [0.15, 0.2) is 34.3 Å². The number of nitrogens with zero attached hydrogens (tertiary/aromatic N) is 3. The van der Waals surface area contributed by atoms with Crippen molar-refractivity contribution in [1.82, 2.24) is 4.90 Å². The maximum absolute atomic E-state index is 5.95. The van der Waals surface area contributed by atoms with Gasteiger partial charge in [-0.05, 0) is 43.9 Å². The molecule has 1 aromatic carbocycles. The molecule has 0 aliphatic carbocycles. The first-order valence-electron chi connectivity index (χ1n) is 6.65. The smallest absolute Gasteiger partial charge is 0.223 e. The van der Waals surface area contributed by atoms with E-state index in [0.29, 0.717) is 5.96 Å². The molecule has 1 aliphatic rings. The average molecular weight is 332 g/mol. The number of likely N-dealkylation sites (tertiary alicyclic amines) is 1. The minimum absolute atomic E-state index is 0. The normalized spacial score (nSPS) is 16.0. The summed E-state index contributed by atoms with van der Waals surface area (Å²) in [5.41, 5.74) is 13.7. The van der Waals surface area contributed by atoms with Gasteiger partial charge in [-0.15, -0.1) is 24.8 Å². The van der Waals surface area contributed by atoms with Crippen LogP contribution in [0, 0.1) is 6.92 Å². The molecule has 118 valence electrons. The average Bonchev–Trinajstić information content (AvgIpc) is 2.39. The van der Waals surface area contributed by atoms with Gasteiger partial charge in [-0.1, -0.05) is 12.1 Å². The molecular weight excluding hydrogens is 309 g/mol. The highest BCUT2D eigenvalue weighted by Gasteiger charge is 2.12. The SMILES string of the molecule is Cc1cccc(N=C(N)/N=C(/N)N2CCCCC2)c1.Cl.Cl. The fraction of sp³-hybridized carbons (Fsp3) is 0.429. The van der Waals surface area contributed by atoms with Crippen molar-refractivity contribution in [3.8, 4) is 0 Å². The standard InChI is InChI=1S/C14H21N5.2ClH/c1-11-6-5-7-12(10-11)17-13(15)18-14(16)19-8-3-2-4-9-19;;/h5-7,10H,2-4,8-9H2,1H3,(H4,15,16,17,18);2*1H. The third-order valence-corrected chi connectivity index (χ3v) is 3.15. The monoisotopic (exact) mass is 331 g/mol. The van der Waals surface area contributed by atoms with Gasteiger partial charge in [-0.25, -0.2) is 4.99 Å². The molecule has 21 heavy (non-hydrogen) atoms. The summed E-state index contributed by atoms with van der Waals surface area (Å²) in [5.74, 6) is 0.669. The van der Waals surface area contributed by atoms with Gasteiger partial charge in [-0.2, -0.15) is 4.99 Å². The first kappa shape index (κ1) is 19.5. The summed E-state index contributed by atoms with van der Waals surface area (Å²) >= 11 is 0. The van der Waals surface area contributed by atoms with Gasteiger partial charge in [0.15, 0.2) is 5.96 Å². The lowest BCUT2D eigenvalue weighted by Gasteiger charge is -2.27. The second-order valence-electron chi connectivity index (χ2n) is 4.83. The number of rotatable bonds is 1. The number of hydrogen-bond donors (Lipinski definition) is 2. The molecule has 4 N–H and O–H groups in total.